The molecule has 1 saturated heterocycles. The molecule has 1 atom stereocenters. The van der Waals surface area contributed by atoms with Gasteiger partial charge in [-0.15, -0.1) is 0 Å². The minimum atomic E-state index is -0.472. The number of anilines is 1. The zero-order chi connectivity index (χ0) is 17.8. The van der Waals surface area contributed by atoms with Crippen molar-refractivity contribution < 1.29 is 14.2 Å². The minimum absolute atomic E-state index is 0.0110. The molecule has 1 fully saturated rings. The van der Waals surface area contributed by atoms with Gasteiger partial charge in [0.05, 0.1) is 11.0 Å². The number of amides is 2. The van der Waals surface area contributed by atoms with E-state index in [1.54, 1.807) is 4.90 Å². The molecule has 2 heterocycles. The molecule has 0 unspecified atom stereocenters. The number of urea groups is 1. The normalized spacial score (nSPS) is 16.8. The fourth-order valence-corrected chi connectivity index (χ4v) is 3.03. The van der Waals surface area contributed by atoms with Gasteiger partial charge in [0, 0.05) is 36.9 Å². The van der Waals surface area contributed by atoms with Crippen LogP contribution in [0.1, 0.15) is 43.7 Å². The fourth-order valence-electron chi connectivity index (χ4n) is 3.03. The zero-order valence-electron chi connectivity index (χ0n) is 14.0. The third kappa shape index (κ3) is 3.78. The van der Waals surface area contributed by atoms with E-state index in [-0.39, 0.29) is 17.8 Å². The van der Waals surface area contributed by atoms with Crippen molar-refractivity contribution in [3.8, 4) is 0 Å². The van der Waals surface area contributed by atoms with Crippen LogP contribution in [0.4, 0.5) is 16.2 Å². The summed E-state index contributed by atoms with van der Waals surface area (Å²) < 4.78 is 5.33. The Morgan fingerprint density at radius 2 is 2.20 bits per heavy atom. The van der Waals surface area contributed by atoms with E-state index in [1.807, 2.05) is 6.07 Å². The predicted molar refractivity (Wildman–Crippen MR) is 91.3 cm³/mol. The van der Waals surface area contributed by atoms with Crippen molar-refractivity contribution in [1.29, 1.82) is 0 Å². The van der Waals surface area contributed by atoms with Gasteiger partial charge in [0.2, 0.25) is 0 Å². The Morgan fingerprint density at radius 3 is 2.88 bits per heavy atom. The first kappa shape index (κ1) is 16.9. The summed E-state index contributed by atoms with van der Waals surface area (Å²) in [6, 6.07) is 7.36. The van der Waals surface area contributed by atoms with Gasteiger partial charge in [-0.3, -0.25) is 10.1 Å². The third-order valence-corrected chi connectivity index (χ3v) is 4.26. The Hall–Kier alpha value is -2.90. The van der Waals surface area contributed by atoms with Crippen LogP contribution in [0.2, 0.25) is 0 Å². The SMILES string of the molecule is CCCc1cc([C@H]2CCCN2C(=O)Nc2ccc([N+](=O)[O-])cc2)no1. The number of rotatable bonds is 5. The monoisotopic (exact) mass is 344 g/mol. The first-order valence-corrected chi connectivity index (χ1v) is 8.36. The van der Waals surface area contributed by atoms with E-state index in [1.165, 1.54) is 24.3 Å². The summed E-state index contributed by atoms with van der Waals surface area (Å²) in [5.74, 6) is 0.833. The lowest BCUT2D eigenvalue weighted by Gasteiger charge is -2.23. The maximum absolute atomic E-state index is 12.6. The van der Waals surface area contributed by atoms with Gasteiger partial charge in [0.25, 0.3) is 5.69 Å². The number of nitrogens with one attached hydrogen (secondary N) is 1. The number of hydrogen-bond donors (Lipinski definition) is 1. The topological polar surface area (TPSA) is 102 Å². The summed E-state index contributed by atoms with van der Waals surface area (Å²) in [6.07, 6.45) is 3.54. The second-order valence-corrected chi connectivity index (χ2v) is 6.05. The minimum Gasteiger partial charge on any atom is -0.361 e. The van der Waals surface area contributed by atoms with E-state index < -0.39 is 4.92 Å². The molecule has 0 aliphatic carbocycles. The number of nitro benzene ring substituents is 1. The van der Waals surface area contributed by atoms with Crippen molar-refractivity contribution in [3.05, 3.63) is 51.9 Å². The lowest BCUT2D eigenvalue weighted by atomic mass is 10.1. The molecule has 2 amide bonds. The molecule has 1 N–H and O–H groups in total. The van der Waals surface area contributed by atoms with Gasteiger partial charge in [0.1, 0.15) is 11.5 Å². The molecule has 1 aliphatic heterocycles. The van der Waals surface area contributed by atoms with Gasteiger partial charge in [-0.2, -0.15) is 0 Å². The van der Waals surface area contributed by atoms with E-state index in [4.69, 9.17) is 4.52 Å². The second-order valence-electron chi connectivity index (χ2n) is 6.05. The lowest BCUT2D eigenvalue weighted by molar-refractivity contribution is -0.384. The van der Waals surface area contributed by atoms with Crippen LogP contribution in [0.5, 0.6) is 0 Å². The molecule has 0 bridgehead atoms. The molecule has 3 rings (SSSR count). The molecule has 8 nitrogen and oxygen atoms in total. The molecule has 0 spiro atoms. The number of hydrogen-bond acceptors (Lipinski definition) is 5. The summed E-state index contributed by atoms with van der Waals surface area (Å²) in [6.45, 7) is 2.71. The van der Waals surface area contributed by atoms with Gasteiger partial charge in [-0.05, 0) is 31.4 Å². The van der Waals surface area contributed by atoms with E-state index in [0.717, 1.165) is 37.1 Å². The maximum atomic E-state index is 12.6. The smallest absolute Gasteiger partial charge is 0.322 e. The summed E-state index contributed by atoms with van der Waals surface area (Å²) in [4.78, 5) is 24.5. The summed E-state index contributed by atoms with van der Waals surface area (Å²) >= 11 is 0. The van der Waals surface area contributed by atoms with Gasteiger partial charge >= 0.3 is 6.03 Å². The van der Waals surface area contributed by atoms with E-state index in [2.05, 4.69) is 17.4 Å². The number of aryl methyl sites for hydroxylation is 1. The number of benzene rings is 1. The van der Waals surface area contributed by atoms with E-state index in [9.17, 15) is 14.9 Å². The van der Waals surface area contributed by atoms with Crippen molar-refractivity contribution in [2.75, 3.05) is 11.9 Å². The van der Waals surface area contributed by atoms with Crippen LogP contribution in [-0.4, -0.2) is 27.6 Å². The highest BCUT2D eigenvalue weighted by Crippen LogP contribution is 2.32. The van der Waals surface area contributed by atoms with Gasteiger partial charge in [0.15, 0.2) is 0 Å². The Bertz CT molecular complexity index is 756. The Kier molecular flexibility index (Phi) is 4.97. The van der Waals surface area contributed by atoms with Gasteiger partial charge in [-0.1, -0.05) is 12.1 Å². The molecule has 1 aromatic carbocycles. The number of aromatic nitrogens is 1. The van der Waals surface area contributed by atoms with Crippen molar-refractivity contribution in [2.45, 2.75) is 38.6 Å². The number of nitrogens with zero attached hydrogens (tertiary/aromatic N) is 3. The summed E-state index contributed by atoms with van der Waals surface area (Å²) in [5.41, 5.74) is 1.29. The van der Waals surface area contributed by atoms with Crippen LogP contribution in [-0.2, 0) is 6.42 Å². The third-order valence-electron chi connectivity index (χ3n) is 4.26. The number of carbonyl (C=O) groups is 1. The average Bonchev–Trinajstić information content (AvgIpc) is 3.24. The molecular weight excluding hydrogens is 324 g/mol. The molecule has 0 saturated carbocycles. The fraction of sp³-hybridized carbons (Fsp3) is 0.412. The van der Waals surface area contributed by atoms with Gasteiger partial charge in [-0.25, -0.2) is 4.79 Å². The van der Waals surface area contributed by atoms with Crippen LogP contribution in [0.15, 0.2) is 34.9 Å². The molecule has 2 aromatic rings. The van der Waals surface area contributed by atoms with Crippen LogP contribution in [0.25, 0.3) is 0 Å². The van der Waals surface area contributed by atoms with Crippen molar-refractivity contribution in [3.63, 3.8) is 0 Å². The standard InChI is InChI=1S/C17H20N4O4/c1-2-4-14-11-15(19-25-14)16-5-3-10-20(16)17(22)18-12-6-8-13(9-7-12)21(23)24/h6-9,11,16H,2-5,10H2,1H3,(H,18,22)/t16-/m1/s1. The Morgan fingerprint density at radius 1 is 1.44 bits per heavy atom. The van der Waals surface area contributed by atoms with E-state index in [0.29, 0.717) is 12.2 Å². The zero-order valence-corrected chi connectivity index (χ0v) is 14.0. The highest BCUT2D eigenvalue weighted by molar-refractivity contribution is 5.89. The van der Waals surface area contributed by atoms with Crippen molar-refractivity contribution in [2.24, 2.45) is 0 Å². The van der Waals surface area contributed by atoms with Crippen molar-refractivity contribution >= 4 is 17.4 Å². The molecule has 132 valence electrons. The summed E-state index contributed by atoms with van der Waals surface area (Å²) in [5, 5.41) is 17.6. The second kappa shape index (κ2) is 7.33. The predicted octanol–water partition coefficient (Wildman–Crippen LogP) is 3.90. The van der Waals surface area contributed by atoms with Crippen LogP contribution >= 0.6 is 0 Å². The van der Waals surface area contributed by atoms with Crippen molar-refractivity contribution in [1.82, 2.24) is 10.1 Å². The van der Waals surface area contributed by atoms with Gasteiger partial charge < -0.3 is 14.7 Å². The number of likely N-dealkylation sites (tertiary alicyclic amines) is 1. The Balaban J connectivity index is 1.68. The quantitative estimate of drug-likeness (QED) is 0.654. The van der Waals surface area contributed by atoms with Crippen LogP contribution in [0.3, 0.4) is 0 Å². The highest BCUT2D eigenvalue weighted by atomic mass is 16.6. The van der Waals surface area contributed by atoms with Crippen LogP contribution in [0, 0.1) is 10.1 Å². The van der Waals surface area contributed by atoms with Crippen LogP contribution < -0.4 is 5.32 Å². The largest absolute Gasteiger partial charge is 0.361 e. The lowest BCUT2D eigenvalue weighted by Crippen LogP contribution is -2.34. The first-order chi connectivity index (χ1) is 12.1. The van der Waals surface area contributed by atoms with E-state index >= 15 is 0 Å². The number of non-ortho nitro benzene ring substituents is 1. The molecule has 1 aromatic heterocycles. The Labute approximate surface area is 144 Å². The first-order valence-electron chi connectivity index (χ1n) is 8.36. The summed E-state index contributed by atoms with van der Waals surface area (Å²) in [7, 11) is 0. The molecule has 1 aliphatic rings. The highest BCUT2D eigenvalue weighted by Gasteiger charge is 2.32. The molecule has 8 heteroatoms. The maximum Gasteiger partial charge on any atom is 0.322 e. The molecular formula is C17H20N4O4. The number of nitro groups is 1. The number of carbonyl (C=O) groups excluding carboxylic acids is 1. The molecule has 25 heavy (non-hydrogen) atoms. The average molecular weight is 344 g/mol. The molecule has 0 radical (unpaired) electrons.